The molecule has 0 saturated heterocycles. The molecule has 150 valence electrons. The number of carbonyl (C=O) groups is 2. The fourth-order valence-electron chi connectivity index (χ4n) is 2.64. The maximum absolute atomic E-state index is 14.3. The average Bonchev–Trinajstić information content (AvgIpc) is 3.12. The molecule has 3 aromatic rings. The van der Waals surface area contributed by atoms with Gasteiger partial charge in [-0.15, -0.1) is 11.3 Å². The Balaban J connectivity index is 2.20. The predicted molar refractivity (Wildman–Crippen MR) is 104 cm³/mol. The van der Waals surface area contributed by atoms with E-state index < -0.39 is 21.9 Å². The maximum atomic E-state index is 14.3. The zero-order chi connectivity index (χ0) is 21.2. The van der Waals surface area contributed by atoms with Crippen molar-refractivity contribution in [2.24, 2.45) is 0 Å². The third kappa shape index (κ3) is 4.17. The minimum atomic E-state index is -4.10. The fourth-order valence-corrected chi connectivity index (χ4v) is 5.86. The van der Waals surface area contributed by atoms with E-state index in [0.717, 1.165) is 16.2 Å². The van der Waals surface area contributed by atoms with E-state index in [1.165, 1.54) is 55.7 Å². The summed E-state index contributed by atoms with van der Waals surface area (Å²) in [6.45, 7) is -0.0707. The van der Waals surface area contributed by atoms with Crippen LogP contribution < -0.4 is 0 Å². The fraction of sp³-hybridized carbons (Fsp3) is 0.105. The SMILES string of the molecule is CN(Cc1cc(-c2cccnc2F)c(S(=O)(=O)c2cccc(C=O)c2)s1)C(=O)O. The molecular formula is C19H15FN2O5S2. The highest BCUT2D eigenvalue weighted by Crippen LogP contribution is 2.39. The van der Waals surface area contributed by atoms with E-state index in [-0.39, 0.29) is 32.3 Å². The summed E-state index contributed by atoms with van der Waals surface area (Å²) in [5, 5.41) is 9.09. The highest BCUT2D eigenvalue weighted by molar-refractivity contribution is 7.93. The third-order valence-corrected chi connectivity index (χ3v) is 7.47. The molecule has 3 rings (SSSR count). The average molecular weight is 434 g/mol. The number of aldehydes is 1. The van der Waals surface area contributed by atoms with Crippen molar-refractivity contribution in [1.82, 2.24) is 9.88 Å². The number of carbonyl (C=O) groups excluding carboxylic acids is 1. The summed E-state index contributed by atoms with van der Waals surface area (Å²) in [4.78, 5) is 27.0. The molecule has 0 bridgehead atoms. The largest absolute Gasteiger partial charge is 0.465 e. The van der Waals surface area contributed by atoms with Crippen LogP contribution in [-0.2, 0) is 16.4 Å². The summed E-state index contributed by atoms with van der Waals surface area (Å²) in [6, 6.07) is 9.80. The Hall–Kier alpha value is -3.11. The van der Waals surface area contributed by atoms with Gasteiger partial charge in [0, 0.05) is 34.8 Å². The number of aromatic nitrogens is 1. The van der Waals surface area contributed by atoms with Gasteiger partial charge >= 0.3 is 6.09 Å². The number of hydrogen-bond donors (Lipinski definition) is 1. The summed E-state index contributed by atoms with van der Waals surface area (Å²) >= 11 is 0.848. The number of amides is 1. The van der Waals surface area contributed by atoms with E-state index in [1.807, 2.05) is 0 Å². The van der Waals surface area contributed by atoms with Gasteiger partial charge < -0.3 is 10.0 Å². The van der Waals surface area contributed by atoms with Gasteiger partial charge in [0.05, 0.1) is 11.4 Å². The van der Waals surface area contributed by atoms with Gasteiger partial charge in [0.1, 0.15) is 10.5 Å². The molecule has 0 unspecified atom stereocenters. The van der Waals surface area contributed by atoms with Crippen molar-refractivity contribution in [3.8, 4) is 11.1 Å². The number of sulfone groups is 1. The van der Waals surface area contributed by atoms with E-state index in [4.69, 9.17) is 5.11 Å². The third-order valence-electron chi connectivity index (χ3n) is 4.07. The van der Waals surface area contributed by atoms with Gasteiger partial charge in [0.25, 0.3) is 0 Å². The number of thiophene rings is 1. The lowest BCUT2D eigenvalue weighted by Crippen LogP contribution is -2.23. The van der Waals surface area contributed by atoms with E-state index in [1.54, 1.807) is 0 Å². The van der Waals surface area contributed by atoms with E-state index in [9.17, 15) is 22.4 Å². The number of hydrogen-bond acceptors (Lipinski definition) is 6. The van der Waals surface area contributed by atoms with Crippen molar-refractivity contribution in [3.63, 3.8) is 0 Å². The van der Waals surface area contributed by atoms with Crippen molar-refractivity contribution in [2.45, 2.75) is 15.6 Å². The summed E-state index contributed by atoms with van der Waals surface area (Å²) < 4.78 is 40.7. The second-order valence-corrected chi connectivity index (χ2v) is 9.37. The second kappa shape index (κ2) is 8.10. The van der Waals surface area contributed by atoms with E-state index in [2.05, 4.69) is 4.98 Å². The molecule has 7 nitrogen and oxygen atoms in total. The van der Waals surface area contributed by atoms with Crippen molar-refractivity contribution >= 4 is 33.6 Å². The van der Waals surface area contributed by atoms with E-state index in [0.29, 0.717) is 11.2 Å². The number of rotatable bonds is 6. The zero-order valence-electron chi connectivity index (χ0n) is 15.1. The van der Waals surface area contributed by atoms with Crippen LogP contribution in [0, 0.1) is 5.95 Å². The maximum Gasteiger partial charge on any atom is 0.407 e. The van der Waals surface area contributed by atoms with Crippen LogP contribution in [0.3, 0.4) is 0 Å². The smallest absolute Gasteiger partial charge is 0.407 e. The minimum Gasteiger partial charge on any atom is -0.465 e. The molecular weight excluding hydrogens is 419 g/mol. The Morgan fingerprint density at radius 3 is 2.66 bits per heavy atom. The van der Waals surface area contributed by atoms with Crippen LogP contribution in [0.25, 0.3) is 11.1 Å². The molecule has 1 aromatic carbocycles. The number of benzene rings is 1. The van der Waals surface area contributed by atoms with Gasteiger partial charge in [0.15, 0.2) is 0 Å². The van der Waals surface area contributed by atoms with E-state index >= 15 is 0 Å². The standard InChI is InChI=1S/C19H15FN2O5S2/c1-22(19(24)25)10-13-9-16(15-6-3-7-21-17(15)20)18(28-13)29(26,27)14-5-2-4-12(8-14)11-23/h2-9,11H,10H2,1H3,(H,24,25). The number of pyridine rings is 1. The molecule has 0 radical (unpaired) electrons. The Labute approximate surface area is 170 Å². The summed E-state index contributed by atoms with van der Waals surface area (Å²) in [6.07, 6.45) is 0.588. The molecule has 0 atom stereocenters. The highest BCUT2D eigenvalue weighted by Gasteiger charge is 2.27. The molecule has 10 heteroatoms. The lowest BCUT2D eigenvalue weighted by molar-refractivity contribution is 0.112. The van der Waals surface area contributed by atoms with Crippen molar-refractivity contribution < 1.29 is 27.5 Å². The van der Waals surface area contributed by atoms with Gasteiger partial charge in [-0.05, 0) is 30.3 Å². The summed E-state index contributed by atoms with van der Waals surface area (Å²) in [5.74, 6) is -0.846. The van der Waals surface area contributed by atoms with Gasteiger partial charge in [-0.2, -0.15) is 4.39 Å². The summed E-state index contributed by atoms with van der Waals surface area (Å²) in [5.41, 5.74) is 0.256. The number of nitrogens with zero attached hydrogens (tertiary/aromatic N) is 2. The van der Waals surface area contributed by atoms with Crippen LogP contribution in [0.15, 0.2) is 57.8 Å². The number of halogens is 1. The monoisotopic (exact) mass is 434 g/mol. The van der Waals surface area contributed by atoms with Crippen LogP contribution in [0.4, 0.5) is 9.18 Å². The molecule has 0 aliphatic carbocycles. The van der Waals surface area contributed by atoms with Gasteiger partial charge in [-0.1, -0.05) is 12.1 Å². The Morgan fingerprint density at radius 2 is 2.00 bits per heavy atom. The Morgan fingerprint density at radius 1 is 1.24 bits per heavy atom. The Kier molecular flexibility index (Phi) is 5.76. The minimum absolute atomic E-state index is 0.0157. The van der Waals surface area contributed by atoms with Gasteiger partial charge in [0.2, 0.25) is 15.8 Å². The van der Waals surface area contributed by atoms with Crippen molar-refractivity contribution in [1.29, 1.82) is 0 Å². The van der Waals surface area contributed by atoms with Gasteiger partial charge in [-0.3, -0.25) is 4.79 Å². The quantitative estimate of drug-likeness (QED) is 0.469. The first-order chi connectivity index (χ1) is 13.7. The van der Waals surface area contributed by atoms with Crippen LogP contribution in [0.5, 0.6) is 0 Å². The van der Waals surface area contributed by atoms with Crippen LogP contribution in [-0.4, -0.2) is 42.8 Å². The molecule has 1 amide bonds. The van der Waals surface area contributed by atoms with Crippen LogP contribution in [0.1, 0.15) is 15.2 Å². The molecule has 2 aromatic heterocycles. The molecule has 0 aliphatic heterocycles. The molecule has 0 aliphatic rings. The predicted octanol–water partition coefficient (Wildman–Crippen LogP) is 3.70. The second-order valence-electron chi connectivity index (χ2n) is 6.09. The topological polar surface area (TPSA) is 105 Å². The molecule has 29 heavy (non-hydrogen) atoms. The lowest BCUT2D eigenvalue weighted by atomic mass is 10.1. The van der Waals surface area contributed by atoms with Crippen molar-refractivity contribution in [2.75, 3.05) is 7.05 Å². The molecule has 2 heterocycles. The summed E-state index contributed by atoms with van der Waals surface area (Å²) in [7, 11) is -2.76. The van der Waals surface area contributed by atoms with Gasteiger partial charge in [-0.25, -0.2) is 18.2 Å². The zero-order valence-corrected chi connectivity index (χ0v) is 16.7. The number of carboxylic acid groups (broad SMARTS) is 1. The molecule has 0 saturated carbocycles. The Bertz CT molecular complexity index is 1190. The normalized spacial score (nSPS) is 11.2. The molecule has 1 N–H and O–H groups in total. The first-order valence-corrected chi connectivity index (χ1v) is 10.5. The van der Waals surface area contributed by atoms with Crippen LogP contribution in [0.2, 0.25) is 0 Å². The highest BCUT2D eigenvalue weighted by atomic mass is 32.2. The lowest BCUT2D eigenvalue weighted by Gasteiger charge is -2.10. The van der Waals surface area contributed by atoms with Crippen molar-refractivity contribution in [3.05, 3.63) is 65.0 Å². The first-order valence-electron chi connectivity index (χ1n) is 8.22. The molecule has 0 spiro atoms. The first kappa shape index (κ1) is 20.6. The van der Waals surface area contributed by atoms with Crippen LogP contribution >= 0.6 is 11.3 Å². The molecule has 0 fully saturated rings.